The van der Waals surface area contributed by atoms with E-state index in [1.165, 1.54) is 19.3 Å². The van der Waals surface area contributed by atoms with E-state index in [9.17, 15) is 5.11 Å². The largest absolute Gasteiger partial charge is 0.388 e. The van der Waals surface area contributed by atoms with E-state index in [1.54, 1.807) is 0 Å². The standard InChI is InChI=1S/C14H27N3OS/c1-3-15-13(16-10-14(18)7-4-8-14)17-11-5-6-12(9-11)19-2/h11-12,18H,3-10H2,1-2H3,(H2,15,16,17). The molecule has 5 heteroatoms. The zero-order valence-corrected chi connectivity index (χ0v) is 12.9. The fourth-order valence-corrected chi connectivity index (χ4v) is 3.56. The van der Waals surface area contributed by atoms with Crippen molar-refractivity contribution < 1.29 is 5.11 Å². The van der Waals surface area contributed by atoms with Gasteiger partial charge in [0.1, 0.15) is 0 Å². The lowest BCUT2D eigenvalue weighted by molar-refractivity contribution is -0.0236. The molecule has 2 aliphatic carbocycles. The molecule has 2 rings (SSSR count). The molecule has 110 valence electrons. The van der Waals surface area contributed by atoms with Crippen molar-refractivity contribution in [3.8, 4) is 0 Å². The minimum atomic E-state index is -0.528. The minimum absolute atomic E-state index is 0.528. The lowest BCUT2D eigenvalue weighted by Crippen LogP contribution is -2.45. The van der Waals surface area contributed by atoms with Crippen LogP contribution < -0.4 is 10.6 Å². The molecule has 0 amide bonds. The van der Waals surface area contributed by atoms with E-state index < -0.39 is 5.60 Å². The van der Waals surface area contributed by atoms with E-state index in [4.69, 9.17) is 0 Å². The number of guanidine groups is 1. The van der Waals surface area contributed by atoms with Gasteiger partial charge in [0.15, 0.2) is 5.96 Å². The van der Waals surface area contributed by atoms with Crippen molar-refractivity contribution in [1.82, 2.24) is 10.6 Å². The maximum absolute atomic E-state index is 10.1. The molecule has 0 saturated heterocycles. The number of rotatable bonds is 5. The van der Waals surface area contributed by atoms with Crippen LogP contribution in [-0.4, -0.2) is 47.3 Å². The van der Waals surface area contributed by atoms with E-state index in [1.807, 2.05) is 11.8 Å². The van der Waals surface area contributed by atoms with Crippen molar-refractivity contribution in [2.45, 2.75) is 62.3 Å². The molecule has 0 heterocycles. The molecule has 0 bridgehead atoms. The van der Waals surface area contributed by atoms with Crippen molar-refractivity contribution in [1.29, 1.82) is 0 Å². The molecular weight excluding hydrogens is 258 g/mol. The molecule has 2 unspecified atom stereocenters. The van der Waals surface area contributed by atoms with Gasteiger partial charge in [-0.1, -0.05) is 0 Å². The Morgan fingerprint density at radius 1 is 1.42 bits per heavy atom. The third-order valence-electron chi connectivity index (χ3n) is 4.22. The smallest absolute Gasteiger partial charge is 0.191 e. The number of nitrogens with one attached hydrogen (secondary N) is 2. The molecule has 0 spiro atoms. The van der Waals surface area contributed by atoms with Crippen LogP contribution in [0.5, 0.6) is 0 Å². The molecule has 0 aromatic carbocycles. The van der Waals surface area contributed by atoms with Gasteiger partial charge in [0.25, 0.3) is 0 Å². The summed E-state index contributed by atoms with van der Waals surface area (Å²) < 4.78 is 0. The Hall–Kier alpha value is -0.420. The van der Waals surface area contributed by atoms with Crippen LogP contribution in [0.25, 0.3) is 0 Å². The summed E-state index contributed by atoms with van der Waals surface area (Å²) in [6.45, 7) is 3.47. The number of nitrogens with zero attached hydrogens (tertiary/aromatic N) is 1. The molecule has 0 radical (unpaired) electrons. The van der Waals surface area contributed by atoms with Crippen LogP contribution in [-0.2, 0) is 0 Å². The molecule has 4 nitrogen and oxygen atoms in total. The first-order chi connectivity index (χ1) is 9.15. The summed E-state index contributed by atoms with van der Waals surface area (Å²) in [5.41, 5.74) is -0.528. The zero-order chi connectivity index (χ0) is 13.7. The average molecular weight is 285 g/mol. The maximum Gasteiger partial charge on any atom is 0.191 e. The molecule has 2 fully saturated rings. The third kappa shape index (κ3) is 4.28. The topological polar surface area (TPSA) is 56.7 Å². The molecule has 19 heavy (non-hydrogen) atoms. The molecule has 2 saturated carbocycles. The first-order valence-corrected chi connectivity index (χ1v) is 8.74. The summed E-state index contributed by atoms with van der Waals surface area (Å²) in [4.78, 5) is 4.56. The van der Waals surface area contributed by atoms with Crippen molar-refractivity contribution >= 4 is 17.7 Å². The molecule has 2 atom stereocenters. The summed E-state index contributed by atoms with van der Waals surface area (Å²) in [5.74, 6) is 0.870. The van der Waals surface area contributed by atoms with E-state index in [0.717, 1.165) is 37.0 Å². The number of hydrogen-bond donors (Lipinski definition) is 3. The summed E-state index contributed by atoms with van der Waals surface area (Å²) in [6.07, 6.45) is 8.85. The fourth-order valence-electron chi connectivity index (χ4n) is 2.77. The fraction of sp³-hybridized carbons (Fsp3) is 0.929. The number of aliphatic imine (C=N–C) groups is 1. The van der Waals surface area contributed by atoms with Crippen molar-refractivity contribution in [2.75, 3.05) is 19.3 Å². The normalized spacial score (nSPS) is 29.9. The Morgan fingerprint density at radius 2 is 2.21 bits per heavy atom. The van der Waals surface area contributed by atoms with Crippen LogP contribution in [0.4, 0.5) is 0 Å². The monoisotopic (exact) mass is 285 g/mol. The third-order valence-corrected chi connectivity index (χ3v) is 5.31. The Morgan fingerprint density at radius 3 is 2.74 bits per heavy atom. The van der Waals surface area contributed by atoms with Gasteiger partial charge in [0.05, 0.1) is 12.1 Å². The van der Waals surface area contributed by atoms with Crippen LogP contribution in [0.3, 0.4) is 0 Å². The van der Waals surface area contributed by atoms with E-state index in [-0.39, 0.29) is 0 Å². The van der Waals surface area contributed by atoms with Crippen LogP contribution >= 0.6 is 11.8 Å². The second-order valence-corrected chi connectivity index (χ2v) is 6.92. The van der Waals surface area contributed by atoms with Gasteiger partial charge in [-0.3, -0.25) is 4.99 Å². The predicted octanol–water partition coefficient (Wildman–Crippen LogP) is 1.74. The first kappa shape index (κ1) is 15.0. The first-order valence-electron chi connectivity index (χ1n) is 7.45. The van der Waals surface area contributed by atoms with Crippen molar-refractivity contribution in [3.63, 3.8) is 0 Å². The van der Waals surface area contributed by atoms with E-state index in [0.29, 0.717) is 12.6 Å². The molecule has 3 N–H and O–H groups in total. The number of aliphatic hydroxyl groups is 1. The van der Waals surface area contributed by atoms with Crippen molar-refractivity contribution in [2.24, 2.45) is 4.99 Å². The summed E-state index contributed by atoms with van der Waals surface area (Å²) in [6, 6.07) is 0.534. The summed E-state index contributed by atoms with van der Waals surface area (Å²) in [5, 5.41) is 17.7. The minimum Gasteiger partial charge on any atom is -0.388 e. The lowest BCUT2D eigenvalue weighted by Gasteiger charge is -2.35. The van der Waals surface area contributed by atoms with Crippen molar-refractivity contribution in [3.05, 3.63) is 0 Å². The SMILES string of the molecule is CCNC(=NCC1(O)CCC1)NC1CCC(SC)C1. The van der Waals surface area contributed by atoms with Gasteiger partial charge < -0.3 is 15.7 Å². The number of hydrogen-bond acceptors (Lipinski definition) is 3. The van der Waals surface area contributed by atoms with E-state index >= 15 is 0 Å². The van der Waals surface area contributed by atoms with Gasteiger partial charge in [-0.2, -0.15) is 11.8 Å². The van der Waals surface area contributed by atoms with Crippen LogP contribution in [0, 0.1) is 0 Å². The quantitative estimate of drug-likeness (QED) is 0.532. The highest BCUT2D eigenvalue weighted by atomic mass is 32.2. The van der Waals surface area contributed by atoms with Gasteiger partial charge in [0, 0.05) is 17.8 Å². The summed E-state index contributed by atoms with van der Waals surface area (Å²) >= 11 is 1.97. The Kier molecular flexibility index (Phi) is 5.39. The van der Waals surface area contributed by atoms with Gasteiger partial charge in [-0.05, 0) is 51.7 Å². The number of thioether (sulfide) groups is 1. The molecule has 0 aromatic heterocycles. The Bertz CT molecular complexity index is 318. The Balaban J connectivity index is 1.83. The highest BCUT2D eigenvalue weighted by molar-refractivity contribution is 7.99. The highest BCUT2D eigenvalue weighted by Gasteiger charge is 2.34. The predicted molar refractivity (Wildman–Crippen MR) is 82.9 cm³/mol. The highest BCUT2D eigenvalue weighted by Crippen LogP contribution is 2.31. The zero-order valence-electron chi connectivity index (χ0n) is 12.1. The second kappa shape index (κ2) is 6.84. The Labute approximate surface area is 120 Å². The van der Waals surface area contributed by atoms with Gasteiger partial charge in [-0.15, -0.1) is 0 Å². The maximum atomic E-state index is 10.1. The molecule has 0 aromatic rings. The molecule has 2 aliphatic rings. The van der Waals surface area contributed by atoms with Gasteiger partial charge >= 0.3 is 0 Å². The molecule has 0 aliphatic heterocycles. The second-order valence-electron chi connectivity index (χ2n) is 5.79. The van der Waals surface area contributed by atoms with Crippen LogP contribution in [0.2, 0.25) is 0 Å². The molecular formula is C14H27N3OS. The summed E-state index contributed by atoms with van der Waals surface area (Å²) in [7, 11) is 0. The average Bonchev–Trinajstić information content (AvgIpc) is 2.81. The van der Waals surface area contributed by atoms with Gasteiger partial charge in [-0.25, -0.2) is 0 Å². The van der Waals surface area contributed by atoms with E-state index in [2.05, 4.69) is 28.8 Å². The van der Waals surface area contributed by atoms with Crippen LogP contribution in [0.15, 0.2) is 4.99 Å². The lowest BCUT2D eigenvalue weighted by atomic mass is 9.80. The van der Waals surface area contributed by atoms with Crippen LogP contribution in [0.1, 0.15) is 45.4 Å². The van der Waals surface area contributed by atoms with Gasteiger partial charge in [0.2, 0.25) is 0 Å².